The maximum atomic E-state index is 14.4. The number of amides is 1. The molecule has 24 heavy (non-hydrogen) atoms. The molecule has 1 aliphatic rings. The third kappa shape index (κ3) is 4.29. The molecule has 1 saturated heterocycles. The predicted octanol–water partition coefficient (Wildman–Crippen LogP) is 2.18. The minimum atomic E-state index is -3.55. The first kappa shape index (κ1) is 18.3. The number of carboxylic acid groups (broad SMARTS) is 1. The van der Waals surface area contributed by atoms with E-state index >= 15 is 0 Å². The van der Waals surface area contributed by atoms with E-state index in [0.29, 0.717) is 19.3 Å². The average molecular weight is 340 g/mol. The van der Waals surface area contributed by atoms with Gasteiger partial charge in [-0.1, -0.05) is 30.3 Å². The minimum absolute atomic E-state index is 0.0238. The number of halogens is 2. The Hall–Kier alpha value is -2.02. The molecule has 1 aromatic rings. The monoisotopic (exact) mass is 340 g/mol. The number of hydrogen-bond acceptors (Lipinski definition) is 3. The second-order valence-electron chi connectivity index (χ2n) is 6.13. The topological polar surface area (TPSA) is 60.9 Å². The van der Waals surface area contributed by atoms with Gasteiger partial charge in [0.1, 0.15) is 0 Å². The van der Waals surface area contributed by atoms with Gasteiger partial charge >= 0.3 is 11.9 Å². The van der Waals surface area contributed by atoms with Crippen LogP contribution in [-0.4, -0.2) is 59.5 Å². The number of likely N-dealkylation sites (tertiary alicyclic amines) is 1. The zero-order valence-corrected chi connectivity index (χ0v) is 13.6. The van der Waals surface area contributed by atoms with E-state index in [4.69, 9.17) is 5.11 Å². The summed E-state index contributed by atoms with van der Waals surface area (Å²) in [7, 11) is 1.70. The van der Waals surface area contributed by atoms with Crippen molar-refractivity contribution in [1.82, 2.24) is 9.80 Å². The fourth-order valence-corrected chi connectivity index (χ4v) is 3.03. The van der Waals surface area contributed by atoms with Crippen LogP contribution in [0.15, 0.2) is 30.3 Å². The van der Waals surface area contributed by atoms with Crippen LogP contribution in [0.25, 0.3) is 0 Å². The van der Waals surface area contributed by atoms with Gasteiger partial charge in [-0.25, -0.2) is 0 Å². The van der Waals surface area contributed by atoms with Gasteiger partial charge in [-0.2, -0.15) is 8.78 Å². The van der Waals surface area contributed by atoms with Crippen LogP contribution in [-0.2, 0) is 15.5 Å². The quantitative estimate of drug-likeness (QED) is 0.892. The number of benzene rings is 1. The van der Waals surface area contributed by atoms with Crippen molar-refractivity contribution >= 4 is 11.9 Å². The standard InChI is InChI=1S/C17H22F2N2O3/c1-20(12-15(22)23)14-8-5-10-21(11-9-14)16(24)17(18,19)13-6-3-2-4-7-13/h2-4,6-7,14H,5,8-12H2,1H3,(H,22,23). The summed E-state index contributed by atoms with van der Waals surface area (Å²) < 4.78 is 28.8. The van der Waals surface area contributed by atoms with Gasteiger partial charge in [0, 0.05) is 24.7 Å². The van der Waals surface area contributed by atoms with Crippen molar-refractivity contribution in [3.05, 3.63) is 35.9 Å². The first-order valence-electron chi connectivity index (χ1n) is 7.97. The molecule has 1 amide bonds. The Morgan fingerprint density at radius 3 is 2.54 bits per heavy atom. The summed E-state index contributed by atoms with van der Waals surface area (Å²) in [6, 6.07) is 7.06. The number of aliphatic carboxylic acids is 1. The number of carbonyl (C=O) groups is 2. The van der Waals surface area contributed by atoms with Crippen molar-refractivity contribution in [2.24, 2.45) is 0 Å². The first-order chi connectivity index (χ1) is 11.3. The van der Waals surface area contributed by atoms with Gasteiger partial charge < -0.3 is 10.0 Å². The van der Waals surface area contributed by atoms with E-state index in [9.17, 15) is 18.4 Å². The van der Waals surface area contributed by atoms with Crippen molar-refractivity contribution in [2.45, 2.75) is 31.2 Å². The van der Waals surface area contributed by atoms with Crippen LogP contribution in [0.2, 0.25) is 0 Å². The zero-order chi connectivity index (χ0) is 17.7. The summed E-state index contributed by atoms with van der Waals surface area (Å²) in [6.45, 7) is 0.368. The Morgan fingerprint density at radius 1 is 1.25 bits per heavy atom. The number of hydrogen-bond donors (Lipinski definition) is 1. The third-order valence-electron chi connectivity index (χ3n) is 4.40. The van der Waals surface area contributed by atoms with Crippen molar-refractivity contribution in [3.8, 4) is 0 Å². The number of likely N-dealkylation sites (N-methyl/N-ethyl adjacent to an activating group) is 1. The Morgan fingerprint density at radius 2 is 1.92 bits per heavy atom. The maximum Gasteiger partial charge on any atom is 0.349 e. The lowest BCUT2D eigenvalue weighted by atomic mass is 10.1. The Labute approximate surface area is 139 Å². The predicted molar refractivity (Wildman–Crippen MR) is 84.8 cm³/mol. The molecule has 5 nitrogen and oxygen atoms in total. The number of carboxylic acids is 1. The van der Waals surface area contributed by atoms with Gasteiger partial charge in [-0.15, -0.1) is 0 Å². The van der Waals surface area contributed by atoms with Gasteiger partial charge in [-0.3, -0.25) is 14.5 Å². The van der Waals surface area contributed by atoms with E-state index in [-0.39, 0.29) is 31.2 Å². The summed E-state index contributed by atoms with van der Waals surface area (Å²) >= 11 is 0. The van der Waals surface area contributed by atoms with Gasteiger partial charge in [0.05, 0.1) is 6.54 Å². The van der Waals surface area contributed by atoms with Gasteiger partial charge in [-0.05, 0) is 26.3 Å². The summed E-state index contributed by atoms with van der Waals surface area (Å²) in [5, 5.41) is 8.85. The van der Waals surface area contributed by atoms with Crippen molar-refractivity contribution in [1.29, 1.82) is 0 Å². The molecule has 1 atom stereocenters. The highest BCUT2D eigenvalue weighted by Gasteiger charge is 2.44. The van der Waals surface area contributed by atoms with E-state index in [1.165, 1.54) is 29.2 Å². The maximum absolute atomic E-state index is 14.4. The number of rotatable bonds is 5. The van der Waals surface area contributed by atoms with Gasteiger partial charge in [0.25, 0.3) is 5.91 Å². The Bertz CT molecular complexity index is 580. The van der Waals surface area contributed by atoms with E-state index < -0.39 is 17.8 Å². The molecular formula is C17H22F2N2O3. The van der Waals surface area contributed by atoms with Crippen LogP contribution < -0.4 is 0 Å². The molecule has 0 radical (unpaired) electrons. The summed E-state index contributed by atoms with van der Waals surface area (Å²) in [4.78, 5) is 26.0. The largest absolute Gasteiger partial charge is 0.480 e. The molecule has 1 fully saturated rings. The van der Waals surface area contributed by atoms with Crippen molar-refractivity contribution in [2.75, 3.05) is 26.7 Å². The fourth-order valence-electron chi connectivity index (χ4n) is 3.03. The lowest BCUT2D eigenvalue weighted by molar-refractivity contribution is -0.159. The average Bonchev–Trinajstić information content (AvgIpc) is 2.80. The highest BCUT2D eigenvalue weighted by atomic mass is 19.3. The normalized spacial score (nSPS) is 19.2. The van der Waals surface area contributed by atoms with Crippen LogP contribution >= 0.6 is 0 Å². The van der Waals surface area contributed by atoms with E-state index in [1.807, 2.05) is 0 Å². The molecule has 7 heteroatoms. The molecule has 1 heterocycles. The molecule has 1 aromatic carbocycles. The second-order valence-corrected chi connectivity index (χ2v) is 6.13. The number of alkyl halides is 2. The zero-order valence-electron chi connectivity index (χ0n) is 13.6. The molecular weight excluding hydrogens is 318 g/mol. The Balaban J connectivity index is 2.03. The van der Waals surface area contributed by atoms with Gasteiger partial charge in [0.2, 0.25) is 0 Å². The lowest BCUT2D eigenvalue weighted by Gasteiger charge is -2.27. The third-order valence-corrected chi connectivity index (χ3v) is 4.40. The van der Waals surface area contributed by atoms with E-state index in [2.05, 4.69) is 0 Å². The number of carbonyl (C=O) groups excluding carboxylic acids is 1. The van der Waals surface area contributed by atoms with Crippen LogP contribution in [0.4, 0.5) is 8.78 Å². The molecule has 0 spiro atoms. The molecule has 0 aromatic heterocycles. The summed E-state index contributed by atoms with van der Waals surface area (Å²) in [6.07, 6.45) is 1.75. The van der Waals surface area contributed by atoms with Crippen molar-refractivity contribution in [3.63, 3.8) is 0 Å². The first-order valence-corrected chi connectivity index (χ1v) is 7.97. The molecule has 132 valence electrons. The fraction of sp³-hybridized carbons (Fsp3) is 0.529. The lowest BCUT2D eigenvalue weighted by Crippen LogP contribution is -2.43. The van der Waals surface area contributed by atoms with Crippen LogP contribution in [0.1, 0.15) is 24.8 Å². The second kappa shape index (κ2) is 7.70. The van der Waals surface area contributed by atoms with Crippen molar-refractivity contribution < 1.29 is 23.5 Å². The summed E-state index contributed by atoms with van der Waals surface area (Å²) in [5.74, 6) is -5.66. The molecule has 2 rings (SSSR count). The molecule has 1 unspecified atom stereocenters. The molecule has 0 saturated carbocycles. The highest BCUT2D eigenvalue weighted by Crippen LogP contribution is 2.31. The van der Waals surface area contributed by atoms with E-state index in [1.54, 1.807) is 18.0 Å². The Kier molecular flexibility index (Phi) is 5.88. The smallest absolute Gasteiger partial charge is 0.349 e. The van der Waals surface area contributed by atoms with Crippen LogP contribution in [0, 0.1) is 0 Å². The van der Waals surface area contributed by atoms with Crippen LogP contribution in [0.3, 0.4) is 0 Å². The highest BCUT2D eigenvalue weighted by molar-refractivity contribution is 5.84. The summed E-state index contributed by atoms with van der Waals surface area (Å²) in [5.41, 5.74) is -0.307. The molecule has 0 bridgehead atoms. The molecule has 0 aliphatic carbocycles. The molecule has 1 aliphatic heterocycles. The van der Waals surface area contributed by atoms with Crippen LogP contribution in [0.5, 0.6) is 0 Å². The number of nitrogens with zero attached hydrogens (tertiary/aromatic N) is 2. The minimum Gasteiger partial charge on any atom is -0.480 e. The molecule has 1 N–H and O–H groups in total. The van der Waals surface area contributed by atoms with Gasteiger partial charge in [0.15, 0.2) is 0 Å². The SMILES string of the molecule is CN(CC(=O)O)C1CCCN(C(=O)C(F)(F)c2ccccc2)CC1. The van der Waals surface area contributed by atoms with E-state index in [0.717, 1.165) is 0 Å².